The molecule has 1 unspecified atom stereocenters. The number of halogens is 2. The highest BCUT2D eigenvalue weighted by Gasteiger charge is 2.20. The van der Waals surface area contributed by atoms with Crippen LogP contribution < -0.4 is 16.0 Å². The van der Waals surface area contributed by atoms with Crippen molar-refractivity contribution in [2.24, 2.45) is 5.73 Å². The van der Waals surface area contributed by atoms with E-state index in [9.17, 15) is 13.6 Å². The number of hydrogen-bond acceptors (Lipinski definition) is 4. The van der Waals surface area contributed by atoms with Crippen LogP contribution in [-0.2, 0) is 9.53 Å². The van der Waals surface area contributed by atoms with Crippen molar-refractivity contribution in [2.75, 3.05) is 31.1 Å². The molecule has 154 valence electrons. The zero-order valence-corrected chi connectivity index (χ0v) is 16.3. The number of hydrogen-bond donors (Lipinski definition) is 2. The molecule has 1 amide bonds. The summed E-state index contributed by atoms with van der Waals surface area (Å²) in [6, 6.07) is 10.8. The second-order valence-corrected chi connectivity index (χ2v) is 7.00. The van der Waals surface area contributed by atoms with Crippen LogP contribution in [0.25, 0.3) is 6.08 Å². The van der Waals surface area contributed by atoms with Crippen molar-refractivity contribution in [1.82, 2.24) is 5.32 Å². The predicted molar refractivity (Wildman–Crippen MR) is 109 cm³/mol. The summed E-state index contributed by atoms with van der Waals surface area (Å²) in [5, 5.41) is 2.85. The van der Waals surface area contributed by atoms with Crippen molar-refractivity contribution in [2.45, 2.75) is 19.1 Å². The van der Waals surface area contributed by atoms with E-state index >= 15 is 0 Å². The molecule has 3 N–H and O–H groups in total. The molecule has 2 aromatic carbocycles. The van der Waals surface area contributed by atoms with Crippen molar-refractivity contribution < 1.29 is 18.3 Å². The van der Waals surface area contributed by atoms with Crippen molar-refractivity contribution in [3.8, 4) is 0 Å². The molecular formula is C22H25F2N3O2. The lowest BCUT2D eigenvalue weighted by Gasteiger charge is -2.34. The molecule has 3 rings (SSSR count). The van der Waals surface area contributed by atoms with E-state index in [1.165, 1.54) is 12.2 Å². The SMILES string of the molecule is C[C@H](NC(=O)C=Cc1cc(F)ccc1F)c1cccc(N2CCOC(CN)C2)c1. The van der Waals surface area contributed by atoms with Crippen LogP contribution in [0.3, 0.4) is 0 Å². The fourth-order valence-electron chi connectivity index (χ4n) is 3.24. The lowest BCUT2D eigenvalue weighted by Crippen LogP contribution is -2.45. The molecule has 2 atom stereocenters. The maximum atomic E-state index is 13.7. The molecule has 0 spiro atoms. The van der Waals surface area contributed by atoms with Crippen molar-refractivity contribution >= 4 is 17.7 Å². The number of rotatable bonds is 6. The number of nitrogens with one attached hydrogen (secondary N) is 1. The minimum absolute atomic E-state index is 0.0119. The molecule has 5 nitrogen and oxygen atoms in total. The number of nitrogens with two attached hydrogens (primary N) is 1. The van der Waals surface area contributed by atoms with Crippen LogP contribution >= 0.6 is 0 Å². The molecule has 1 aliphatic rings. The number of ether oxygens (including phenoxy) is 1. The zero-order valence-electron chi connectivity index (χ0n) is 16.3. The lowest BCUT2D eigenvalue weighted by atomic mass is 10.1. The number of amides is 1. The molecule has 0 aromatic heterocycles. The van der Waals surface area contributed by atoms with Crippen molar-refractivity contribution in [1.29, 1.82) is 0 Å². The van der Waals surface area contributed by atoms with Gasteiger partial charge >= 0.3 is 0 Å². The average Bonchev–Trinajstić information content (AvgIpc) is 2.74. The highest BCUT2D eigenvalue weighted by molar-refractivity contribution is 5.92. The molecule has 2 aromatic rings. The van der Waals surface area contributed by atoms with Crippen LogP contribution in [0, 0.1) is 11.6 Å². The van der Waals surface area contributed by atoms with Crippen LogP contribution in [-0.4, -0.2) is 38.3 Å². The van der Waals surface area contributed by atoms with E-state index in [2.05, 4.69) is 10.2 Å². The predicted octanol–water partition coefficient (Wildman–Crippen LogP) is 3.02. The van der Waals surface area contributed by atoms with Gasteiger partial charge in [-0.3, -0.25) is 4.79 Å². The van der Waals surface area contributed by atoms with Gasteiger partial charge in [0.15, 0.2) is 0 Å². The third-order valence-corrected chi connectivity index (χ3v) is 4.87. The van der Waals surface area contributed by atoms with E-state index in [0.717, 1.165) is 42.5 Å². The van der Waals surface area contributed by atoms with Crippen LogP contribution in [0.5, 0.6) is 0 Å². The summed E-state index contributed by atoms with van der Waals surface area (Å²) in [5.74, 6) is -1.53. The number of morpholine rings is 1. The number of benzene rings is 2. The van der Waals surface area contributed by atoms with E-state index in [1.807, 2.05) is 31.2 Å². The molecule has 1 heterocycles. The van der Waals surface area contributed by atoms with Gasteiger partial charge < -0.3 is 20.7 Å². The van der Waals surface area contributed by atoms with Gasteiger partial charge in [-0.25, -0.2) is 8.78 Å². The van der Waals surface area contributed by atoms with Gasteiger partial charge in [-0.2, -0.15) is 0 Å². The van der Waals surface area contributed by atoms with Crippen molar-refractivity contribution in [3.63, 3.8) is 0 Å². The smallest absolute Gasteiger partial charge is 0.244 e. The Bertz CT molecular complexity index is 888. The average molecular weight is 401 g/mol. The number of carbonyl (C=O) groups is 1. The van der Waals surface area contributed by atoms with Crippen LogP contribution in [0.1, 0.15) is 24.1 Å². The first-order chi connectivity index (χ1) is 14.0. The quantitative estimate of drug-likeness (QED) is 0.731. The van der Waals surface area contributed by atoms with Gasteiger partial charge in [0.05, 0.1) is 18.8 Å². The first-order valence-corrected chi connectivity index (χ1v) is 9.56. The Morgan fingerprint density at radius 1 is 1.34 bits per heavy atom. The maximum Gasteiger partial charge on any atom is 0.244 e. The first-order valence-electron chi connectivity index (χ1n) is 9.56. The van der Waals surface area contributed by atoms with Gasteiger partial charge in [0.1, 0.15) is 11.6 Å². The molecule has 29 heavy (non-hydrogen) atoms. The molecule has 7 heteroatoms. The van der Waals surface area contributed by atoms with E-state index < -0.39 is 11.6 Å². The Morgan fingerprint density at radius 2 is 2.17 bits per heavy atom. The highest BCUT2D eigenvalue weighted by Crippen LogP contribution is 2.22. The summed E-state index contributed by atoms with van der Waals surface area (Å²) in [7, 11) is 0. The molecule has 1 aliphatic heterocycles. The fraction of sp³-hybridized carbons (Fsp3) is 0.318. The maximum absolute atomic E-state index is 13.7. The Hall–Kier alpha value is -2.77. The standard InChI is InChI=1S/C22H25F2N3O2/c1-15(26-22(28)8-5-17-11-18(23)6-7-21(17)24)16-3-2-4-19(12-16)27-9-10-29-20(13-25)14-27/h2-8,11-12,15,20H,9-10,13-14,25H2,1H3,(H,26,28)/t15-,20?/m0/s1. The molecule has 1 fully saturated rings. The number of carbonyl (C=O) groups excluding carboxylic acids is 1. The summed E-state index contributed by atoms with van der Waals surface area (Å²) in [6.45, 7) is 4.47. The molecule has 0 aliphatic carbocycles. The lowest BCUT2D eigenvalue weighted by molar-refractivity contribution is -0.117. The third kappa shape index (κ3) is 5.62. The summed E-state index contributed by atoms with van der Waals surface area (Å²) >= 11 is 0. The Kier molecular flexibility index (Phi) is 6.95. The number of anilines is 1. The molecular weight excluding hydrogens is 376 g/mol. The van der Waals surface area contributed by atoms with Crippen LogP contribution in [0.4, 0.5) is 14.5 Å². The van der Waals surface area contributed by atoms with Gasteiger partial charge in [-0.05, 0) is 48.9 Å². The van der Waals surface area contributed by atoms with Crippen molar-refractivity contribution in [3.05, 3.63) is 71.3 Å². The van der Waals surface area contributed by atoms with E-state index in [1.54, 1.807) is 0 Å². The summed E-state index contributed by atoms with van der Waals surface area (Å²) in [6.07, 6.45) is 2.47. The summed E-state index contributed by atoms with van der Waals surface area (Å²) in [5.41, 5.74) is 7.73. The van der Waals surface area contributed by atoms with Gasteiger partial charge in [0.25, 0.3) is 0 Å². The topological polar surface area (TPSA) is 67.6 Å². The van der Waals surface area contributed by atoms with Gasteiger partial charge in [-0.15, -0.1) is 0 Å². The number of nitrogens with zero attached hydrogens (tertiary/aromatic N) is 1. The van der Waals surface area contributed by atoms with Crippen LogP contribution in [0.2, 0.25) is 0 Å². The third-order valence-electron chi connectivity index (χ3n) is 4.87. The minimum atomic E-state index is -0.586. The molecule has 1 saturated heterocycles. The van der Waals surface area contributed by atoms with E-state index in [-0.39, 0.29) is 23.6 Å². The molecule has 0 saturated carbocycles. The first kappa shape index (κ1) is 21.0. The Labute approximate surface area is 169 Å². The highest BCUT2D eigenvalue weighted by atomic mass is 19.1. The Morgan fingerprint density at radius 3 is 2.97 bits per heavy atom. The normalized spacial score (nSPS) is 18.1. The zero-order chi connectivity index (χ0) is 20.8. The largest absolute Gasteiger partial charge is 0.373 e. The van der Waals surface area contributed by atoms with Crippen LogP contribution in [0.15, 0.2) is 48.5 Å². The fourth-order valence-corrected chi connectivity index (χ4v) is 3.24. The Balaban J connectivity index is 1.64. The minimum Gasteiger partial charge on any atom is -0.373 e. The summed E-state index contributed by atoms with van der Waals surface area (Å²) in [4.78, 5) is 14.4. The summed E-state index contributed by atoms with van der Waals surface area (Å²) < 4.78 is 32.5. The van der Waals surface area contributed by atoms with Gasteiger partial charge in [0.2, 0.25) is 5.91 Å². The van der Waals surface area contributed by atoms with E-state index in [4.69, 9.17) is 10.5 Å². The second kappa shape index (κ2) is 9.62. The molecule has 0 radical (unpaired) electrons. The second-order valence-electron chi connectivity index (χ2n) is 7.00. The molecule has 0 bridgehead atoms. The van der Waals surface area contributed by atoms with Gasteiger partial charge in [0, 0.05) is 37.0 Å². The van der Waals surface area contributed by atoms with Gasteiger partial charge in [-0.1, -0.05) is 12.1 Å². The monoisotopic (exact) mass is 401 g/mol. The van der Waals surface area contributed by atoms with E-state index in [0.29, 0.717) is 13.2 Å².